The second kappa shape index (κ2) is 4.93. The van der Waals surface area contributed by atoms with E-state index in [1.54, 1.807) is 24.5 Å². The van der Waals surface area contributed by atoms with E-state index in [-0.39, 0.29) is 0 Å². The molecule has 0 aromatic carbocycles. The molecular weight excluding hydrogens is 280 g/mol. The molecule has 4 nitrogen and oxygen atoms in total. The van der Waals surface area contributed by atoms with Crippen molar-refractivity contribution in [2.45, 2.75) is 6.92 Å². The fourth-order valence-electron chi connectivity index (χ4n) is 1.43. The zero-order valence-corrected chi connectivity index (χ0v) is 10.7. The van der Waals surface area contributed by atoms with Crippen molar-refractivity contribution < 1.29 is 0 Å². The predicted molar refractivity (Wildman–Crippen MR) is 68.9 cm³/mol. The Morgan fingerprint density at radius 3 is 2.82 bits per heavy atom. The third-order valence-corrected chi connectivity index (χ3v) is 2.49. The van der Waals surface area contributed by atoms with Crippen LogP contribution >= 0.6 is 15.9 Å². The maximum atomic E-state index is 8.87. The van der Waals surface area contributed by atoms with Gasteiger partial charge in [0.25, 0.3) is 0 Å². The lowest BCUT2D eigenvalue weighted by molar-refractivity contribution is 1.18. The number of nitrogens with zero attached hydrogens (tertiary/aromatic N) is 3. The molecule has 0 spiro atoms. The van der Waals surface area contributed by atoms with E-state index < -0.39 is 0 Å². The molecule has 0 radical (unpaired) electrons. The van der Waals surface area contributed by atoms with Crippen molar-refractivity contribution in [2.24, 2.45) is 0 Å². The van der Waals surface area contributed by atoms with Crippen molar-refractivity contribution in [3.05, 3.63) is 46.3 Å². The van der Waals surface area contributed by atoms with Crippen molar-refractivity contribution in [3.8, 4) is 6.07 Å². The standard InChI is InChI=1S/C12H9BrN4/c1-8-2-9(5-14)3-12(16-8)17-11-4-10(13)6-15-7-11/h2-4,6-7H,1H3,(H,16,17). The van der Waals surface area contributed by atoms with Crippen LogP contribution in [-0.2, 0) is 0 Å². The van der Waals surface area contributed by atoms with E-state index >= 15 is 0 Å². The number of aryl methyl sites for hydroxylation is 1. The van der Waals surface area contributed by atoms with Crippen LogP contribution in [-0.4, -0.2) is 9.97 Å². The minimum atomic E-state index is 0.586. The smallest absolute Gasteiger partial charge is 0.131 e. The molecule has 0 aliphatic rings. The zero-order valence-electron chi connectivity index (χ0n) is 9.11. The Labute approximate surface area is 107 Å². The Balaban J connectivity index is 2.30. The first-order chi connectivity index (χ1) is 8.17. The molecule has 2 aromatic rings. The van der Waals surface area contributed by atoms with E-state index in [1.807, 2.05) is 13.0 Å². The summed E-state index contributed by atoms with van der Waals surface area (Å²) >= 11 is 3.34. The minimum Gasteiger partial charge on any atom is -0.339 e. The second-order valence-electron chi connectivity index (χ2n) is 3.51. The number of nitrogens with one attached hydrogen (secondary N) is 1. The lowest BCUT2D eigenvalue weighted by atomic mass is 10.2. The van der Waals surface area contributed by atoms with Crippen molar-refractivity contribution in [3.63, 3.8) is 0 Å². The van der Waals surface area contributed by atoms with E-state index in [9.17, 15) is 0 Å². The van der Waals surface area contributed by atoms with Gasteiger partial charge in [-0.2, -0.15) is 5.26 Å². The summed E-state index contributed by atoms with van der Waals surface area (Å²) in [7, 11) is 0. The molecule has 0 atom stereocenters. The van der Waals surface area contributed by atoms with Crippen LogP contribution in [0.25, 0.3) is 0 Å². The largest absolute Gasteiger partial charge is 0.339 e. The van der Waals surface area contributed by atoms with Crippen LogP contribution in [0.2, 0.25) is 0 Å². The Morgan fingerprint density at radius 1 is 1.29 bits per heavy atom. The first-order valence-corrected chi connectivity index (χ1v) is 5.73. The molecule has 0 aliphatic carbocycles. The van der Waals surface area contributed by atoms with Gasteiger partial charge in [-0.25, -0.2) is 4.98 Å². The molecule has 0 bridgehead atoms. The molecule has 2 rings (SSSR count). The molecular formula is C12H9BrN4. The highest BCUT2D eigenvalue weighted by molar-refractivity contribution is 9.10. The maximum Gasteiger partial charge on any atom is 0.131 e. The van der Waals surface area contributed by atoms with E-state index in [4.69, 9.17) is 5.26 Å². The molecule has 5 heteroatoms. The first kappa shape index (κ1) is 11.6. The third-order valence-electron chi connectivity index (χ3n) is 2.06. The van der Waals surface area contributed by atoms with Gasteiger partial charge in [0.15, 0.2) is 0 Å². The van der Waals surface area contributed by atoms with Crippen molar-refractivity contribution in [2.75, 3.05) is 5.32 Å². The van der Waals surface area contributed by atoms with Gasteiger partial charge in [-0.05, 0) is 41.1 Å². The number of rotatable bonds is 2. The van der Waals surface area contributed by atoms with Crippen molar-refractivity contribution >= 4 is 27.4 Å². The van der Waals surface area contributed by atoms with Crippen LogP contribution in [0, 0.1) is 18.3 Å². The molecule has 2 heterocycles. The third kappa shape index (κ3) is 3.02. The molecule has 0 saturated carbocycles. The second-order valence-corrected chi connectivity index (χ2v) is 4.43. The van der Waals surface area contributed by atoms with Gasteiger partial charge >= 0.3 is 0 Å². The fraction of sp³-hybridized carbons (Fsp3) is 0.0833. The zero-order chi connectivity index (χ0) is 12.3. The average Bonchev–Trinajstić information content (AvgIpc) is 2.28. The van der Waals surface area contributed by atoms with Crippen molar-refractivity contribution in [1.82, 2.24) is 9.97 Å². The molecule has 17 heavy (non-hydrogen) atoms. The van der Waals surface area contributed by atoms with Gasteiger partial charge in [-0.15, -0.1) is 0 Å². The summed E-state index contributed by atoms with van der Waals surface area (Å²) in [6.07, 6.45) is 3.40. The number of hydrogen-bond acceptors (Lipinski definition) is 4. The first-order valence-electron chi connectivity index (χ1n) is 4.94. The van der Waals surface area contributed by atoms with Gasteiger partial charge in [0.1, 0.15) is 5.82 Å². The van der Waals surface area contributed by atoms with E-state index in [0.29, 0.717) is 11.4 Å². The van der Waals surface area contributed by atoms with E-state index in [2.05, 4.69) is 37.3 Å². The number of halogens is 1. The Kier molecular flexibility index (Phi) is 3.35. The Morgan fingerprint density at radius 2 is 2.12 bits per heavy atom. The summed E-state index contributed by atoms with van der Waals surface area (Å²) < 4.78 is 0.885. The van der Waals surface area contributed by atoms with Crippen LogP contribution in [0.5, 0.6) is 0 Å². The van der Waals surface area contributed by atoms with Crippen molar-refractivity contribution in [1.29, 1.82) is 5.26 Å². The summed E-state index contributed by atoms with van der Waals surface area (Å²) in [6, 6.07) is 7.44. The number of aromatic nitrogens is 2. The van der Waals surface area contributed by atoms with E-state index in [1.165, 1.54) is 0 Å². The van der Waals surface area contributed by atoms with Crippen LogP contribution in [0.4, 0.5) is 11.5 Å². The summed E-state index contributed by atoms with van der Waals surface area (Å²) in [5.41, 5.74) is 2.21. The normalized spacial score (nSPS) is 9.71. The minimum absolute atomic E-state index is 0.586. The van der Waals surface area contributed by atoms with E-state index in [0.717, 1.165) is 15.9 Å². The number of nitriles is 1. The average molecular weight is 289 g/mol. The van der Waals surface area contributed by atoms with Crippen LogP contribution in [0.1, 0.15) is 11.3 Å². The Bertz CT molecular complexity index is 589. The summed E-state index contributed by atoms with van der Waals surface area (Å²) in [6.45, 7) is 1.85. The monoisotopic (exact) mass is 288 g/mol. The summed E-state index contributed by atoms with van der Waals surface area (Å²) in [4.78, 5) is 8.34. The predicted octanol–water partition coefficient (Wildman–Crippen LogP) is 3.16. The highest BCUT2D eigenvalue weighted by atomic mass is 79.9. The molecule has 1 N–H and O–H groups in total. The van der Waals surface area contributed by atoms with Gasteiger partial charge in [0, 0.05) is 16.4 Å². The summed E-state index contributed by atoms with van der Waals surface area (Å²) in [5.74, 6) is 0.640. The topological polar surface area (TPSA) is 61.6 Å². The van der Waals surface area contributed by atoms with Gasteiger partial charge < -0.3 is 5.32 Å². The quantitative estimate of drug-likeness (QED) is 0.922. The van der Waals surface area contributed by atoms with Gasteiger partial charge in [0.05, 0.1) is 23.5 Å². The van der Waals surface area contributed by atoms with Crippen LogP contribution in [0.3, 0.4) is 0 Å². The SMILES string of the molecule is Cc1cc(C#N)cc(Nc2cncc(Br)c2)n1. The fourth-order valence-corrected chi connectivity index (χ4v) is 1.79. The van der Waals surface area contributed by atoms with Crippen LogP contribution < -0.4 is 5.32 Å². The highest BCUT2D eigenvalue weighted by Gasteiger charge is 2.01. The molecule has 0 amide bonds. The maximum absolute atomic E-state index is 8.87. The number of hydrogen-bond donors (Lipinski definition) is 1. The Hall–Kier alpha value is -1.93. The van der Waals surface area contributed by atoms with Gasteiger partial charge in [-0.1, -0.05) is 0 Å². The number of anilines is 2. The summed E-state index contributed by atoms with van der Waals surface area (Å²) in [5, 5.41) is 12.0. The van der Waals surface area contributed by atoms with Gasteiger partial charge in [-0.3, -0.25) is 4.98 Å². The van der Waals surface area contributed by atoms with Gasteiger partial charge in [0.2, 0.25) is 0 Å². The lowest BCUT2D eigenvalue weighted by Gasteiger charge is -2.06. The number of pyridine rings is 2. The van der Waals surface area contributed by atoms with Crippen LogP contribution in [0.15, 0.2) is 35.1 Å². The molecule has 0 aliphatic heterocycles. The lowest BCUT2D eigenvalue weighted by Crippen LogP contribution is -1.96. The highest BCUT2D eigenvalue weighted by Crippen LogP contribution is 2.18. The molecule has 2 aromatic heterocycles. The molecule has 0 saturated heterocycles. The molecule has 0 fully saturated rings. The molecule has 0 unspecified atom stereocenters. The molecule has 84 valence electrons.